The largest absolute Gasteiger partial charge is 0.355 e. The molecule has 0 aliphatic heterocycles. The zero-order chi connectivity index (χ0) is 26.3. The fourth-order valence-electron chi connectivity index (χ4n) is 3.95. The number of halogens is 2. The van der Waals surface area contributed by atoms with Crippen LogP contribution in [0.5, 0.6) is 0 Å². The third kappa shape index (κ3) is 4.77. The average Bonchev–Trinajstić information content (AvgIpc) is 2.87. The number of carbonyl (C=O) groups is 2. The quantitative estimate of drug-likeness (QED) is 0.176. The maximum absolute atomic E-state index is 13.7. The predicted octanol–water partition coefficient (Wildman–Crippen LogP) is 7.17. The molecule has 11 heteroatoms. The minimum absolute atomic E-state index is 0.0109. The van der Waals surface area contributed by atoms with E-state index in [0.29, 0.717) is 21.4 Å². The minimum atomic E-state index is -4.92. The molecule has 8 nitrogen and oxygen atoms in total. The summed E-state index contributed by atoms with van der Waals surface area (Å²) in [5.74, 6) is -1.16. The second-order valence-electron chi connectivity index (χ2n) is 8.01. The molecule has 0 fully saturated rings. The number of fused-ring (bicyclic) bond motifs is 2. The zero-order valence-electron chi connectivity index (χ0n) is 18.6. The van der Waals surface area contributed by atoms with Crippen LogP contribution < -0.4 is 5.32 Å². The first-order chi connectivity index (χ1) is 17.6. The van der Waals surface area contributed by atoms with E-state index in [1.165, 1.54) is 24.3 Å². The lowest BCUT2D eigenvalue weighted by Gasteiger charge is -2.23. The molecule has 0 radical (unpaired) electrons. The Labute approximate surface area is 221 Å². The summed E-state index contributed by atoms with van der Waals surface area (Å²) in [6.07, 6.45) is 0. The van der Waals surface area contributed by atoms with Gasteiger partial charge in [-0.2, -0.15) is 13.5 Å². The molecule has 0 aromatic heterocycles. The third-order valence-corrected chi connectivity index (χ3v) is 7.00. The van der Waals surface area contributed by atoms with Crippen molar-refractivity contribution in [2.24, 2.45) is 10.2 Å². The number of carbonyl (C=O) groups excluding carboxylic acids is 2. The van der Waals surface area contributed by atoms with Crippen LogP contribution >= 0.6 is 23.2 Å². The van der Waals surface area contributed by atoms with Gasteiger partial charge in [-0.15, -0.1) is 5.11 Å². The summed E-state index contributed by atoms with van der Waals surface area (Å²) in [7, 11) is -4.92. The molecule has 4 aromatic carbocycles. The van der Waals surface area contributed by atoms with Crippen molar-refractivity contribution in [2.45, 2.75) is 4.90 Å². The van der Waals surface area contributed by atoms with Crippen LogP contribution in [0.15, 0.2) is 94.0 Å². The standard InChI is InChI=1S/C26H15Cl2N3O5S/c27-14-5-9-16(10-6-14)29-20-13-21(37(34,35)36)24(31-30-17-11-7-15(28)8-12-17)23-22(20)25(32)18-3-1-2-4-19(18)26(23)33/h1-13,29H,(H,34,35,36). The van der Waals surface area contributed by atoms with Gasteiger partial charge in [0, 0.05) is 26.9 Å². The Hall–Kier alpha value is -3.89. The van der Waals surface area contributed by atoms with Gasteiger partial charge in [0.15, 0.2) is 11.6 Å². The number of hydrogen-bond donors (Lipinski definition) is 2. The molecule has 0 spiro atoms. The molecule has 0 heterocycles. The average molecular weight is 552 g/mol. The summed E-state index contributed by atoms with van der Waals surface area (Å²) in [5, 5.41) is 11.9. The van der Waals surface area contributed by atoms with Crippen LogP contribution in [0.2, 0.25) is 10.0 Å². The summed E-state index contributed by atoms with van der Waals surface area (Å²) in [6, 6.07) is 19.8. The van der Waals surface area contributed by atoms with Crippen molar-refractivity contribution >= 4 is 67.6 Å². The highest BCUT2D eigenvalue weighted by molar-refractivity contribution is 7.86. The van der Waals surface area contributed by atoms with Crippen LogP contribution in [0.4, 0.5) is 22.7 Å². The first-order valence-electron chi connectivity index (χ1n) is 10.7. The molecule has 0 unspecified atom stereocenters. The smallest absolute Gasteiger partial charge is 0.296 e. The lowest BCUT2D eigenvalue weighted by atomic mass is 9.82. The number of nitrogens with one attached hydrogen (secondary N) is 1. The van der Waals surface area contributed by atoms with E-state index in [0.717, 1.165) is 6.07 Å². The van der Waals surface area contributed by atoms with E-state index in [4.69, 9.17) is 23.2 Å². The van der Waals surface area contributed by atoms with Crippen molar-refractivity contribution in [2.75, 3.05) is 5.32 Å². The van der Waals surface area contributed by atoms with Crippen molar-refractivity contribution in [3.63, 3.8) is 0 Å². The number of ketones is 2. The number of anilines is 2. The van der Waals surface area contributed by atoms with E-state index in [-0.39, 0.29) is 27.9 Å². The number of benzene rings is 4. The van der Waals surface area contributed by atoms with Gasteiger partial charge >= 0.3 is 0 Å². The highest BCUT2D eigenvalue weighted by Gasteiger charge is 2.37. The maximum Gasteiger partial charge on any atom is 0.296 e. The molecule has 4 aromatic rings. The number of hydrogen-bond acceptors (Lipinski definition) is 7. The summed E-state index contributed by atoms with van der Waals surface area (Å²) in [5.41, 5.74) is 0.127. The Morgan fingerprint density at radius 1 is 0.730 bits per heavy atom. The van der Waals surface area contributed by atoms with E-state index in [1.54, 1.807) is 48.5 Å². The summed E-state index contributed by atoms with van der Waals surface area (Å²) in [6.45, 7) is 0. The monoisotopic (exact) mass is 551 g/mol. The molecule has 37 heavy (non-hydrogen) atoms. The van der Waals surface area contributed by atoms with E-state index < -0.39 is 32.3 Å². The summed E-state index contributed by atoms with van der Waals surface area (Å²) >= 11 is 11.9. The molecule has 0 saturated carbocycles. The SMILES string of the molecule is O=C1c2ccccc2C(=O)c2c(N=Nc3ccc(Cl)cc3)c(S(=O)(=O)O)cc(Nc3ccc(Cl)cc3)c21. The fourth-order valence-corrected chi connectivity index (χ4v) is 4.86. The fraction of sp³-hybridized carbons (Fsp3) is 0. The number of azo groups is 1. The highest BCUT2D eigenvalue weighted by atomic mass is 35.5. The van der Waals surface area contributed by atoms with Gasteiger partial charge in [0.2, 0.25) is 0 Å². The van der Waals surface area contributed by atoms with E-state index >= 15 is 0 Å². The van der Waals surface area contributed by atoms with E-state index in [2.05, 4.69) is 15.5 Å². The number of nitrogens with zero attached hydrogens (tertiary/aromatic N) is 2. The van der Waals surface area contributed by atoms with Gasteiger partial charge in [0.1, 0.15) is 10.6 Å². The van der Waals surface area contributed by atoms with Gasteiger partial charge in [-0.1, -0.05) is 47.5 Å². The molecule has 0 bridgehead atoms. The van der Waals surface area contributed by atoms with Gasteiger partial charge in [0.05, 0.1) is 22.5 Å². The Kier molecular flexibility index (Phi) is 6.38. The number of rotatable bonds is 5. The van der Waals surface area contributed by atoms with Gasteiger partial charge in [-0.05, 0) is 54.6 Å². The Morgan fingerprint density at radius 2 is 1.27 bits per heavy atom. The molecule has 0 amide bonds. The van der Waals surface area contributed by atoms with Crippen LogP contribution in [0.1, 0.15) is 31.8 Å². The molecule has 2 N–H and O–H groups in total. The Morgan fingerprint density at radius 3 is 1.84 bits per heavy atom. The van der Waals surface area contributed by atoms with E-state index in [9.17, 15) is 22.6 Å². The molecule has 1 aliphatic rings. The Balaban J connectivity index is 1.80. The highest BCUT2D eigenvalue weighted by Crippen LogP contribution is 2.43. The Bertz CT molecular complexity index is 1720. The molecule has 184 valence electrons. The maximum atomic E-state index is 13.7. The van der Waals surface area contributed by atoms with Crippen molar-refractivity contribution < 1.29 is 22.6 Å². The lowest BCUT2D eigenvalue weighted by molar-refractivity contribution is 0.0980. The second kappa shape index (κ2) is 9.53. The molecule has 5 rings (SSSR count). The molecular weight excluding hydrogens is 537 g/mol. The molecule has 0 atom stereocenters. The lowest BCUT2D eigenvalue weighted by Crippen LogP contribution is -2.23. The van der Waals surface area contributed by atoms with Gasteiger partial charge in [-0.3, -0.25) is 14.1 Å². The normalized spacial score (nSPS) is 12.9. The molecular formula is C26H15Cl2N3O5S. The first kappa shape index (κ1) is 24.8. The van der Waals surface area contributed by atoms with Crippen LogP contribution in [-0.4, -0.2) is 24.5 Å². The first-order valence-corrected chi connectivity index (χ1v) is 12.9. The summed E-state index contributed by atoms with van der Waals surface area (Å²) in [4.78, 5) is 26.6. The van der Waals surface area contributed by atoms with Crippen LogP contribution in [0.3, 0.4) is 0 Å². The van der Waals surface area contributed by atoms with E-state index in [1.807, 2.05) is 0 Å². The van der Waals surface area contributed by atoms with Crippen molar-refractivity contribution in [3.8, 4) is 0 Å². The minimum Gasteiger partial charge on any atom is -0.355 e. The second-order valence-corrected chi connectivity index (χ2v) is 10.3. The predicted molar refractivity (Wildman–Crippen MR) is 140 cm³/mol. The van der Waals surface area contributed by atoms with Gasteiger partial charge < -0.3 is 5.32 Å². The topological polar surface area (TPSA) is 125 Å². The summed E-state index contributed by atoms with van der Waals surface area (Å²) < 4.78 is 35.0. The zero-order valence-corrected chi connectivity index (χ0v) is 21.0. The third-order valence-electron chi connectivity index (χ3n) is 5.63. The van der Waals surface area contributed by atoms with Crippen LogP contribution in [0.25, 0.3) is 0 Å². The van der Waals surface area contributed by atoms with Crippen molar-refractivity contribution in [1.82, 2.24) is 0 Å². The van der Waals surface area contributed by atoms with Gasteiger partial charge in [0.25, 0.3) is 10.1 Å². The molecule has 1 aliphatic carbocycles. The van der Waals surface area contributed by atoms with Crippen molar-refractivity contribution in [1.29, 1.82) is 0 Å². The van der Waals surface area contributed by atoms with Gasteiger partial charge in [-0.25, -0.2) is 0 Å². The van der Waals surface area contributed by atoms with Crippen LogP contribution in [0, 0.1) is 0 Å². The van der Waals surface area contributed by atoms with Crippen molar-refractivity contribution in [3.05, 3.63) is 111 Å². The van der Waals surface area contributed by atoms with Crippen LogP contribution in [-0.2, 0) is 10.1 Å². The molecule has 0 saturated heterocycles.